The number of hydrogen-bond acceptors (Lipinski definition) is 5. The van der Waals surface area contributed by atoms with Gasteiger partial charge in [0.1, 0.15) is 5.66 Å². The van der Waals surface area contributed by atoms with Crippen molar-refractivity contribution in [1.82, 2.24) is 15.2 Å². The molecule has 5 rings (SSSR count). The van der Waals surface area contributed by atoms with E-state index in [4.69, 9.17) is 4.74 Å². The lowest BCUT2D eigenvalue weighted by Gasteiger charge is -2.41. The Bertz CT molecular complexity index is 848. The van der Waals surface area contributed by atoms with Crippen LogP contribution in [-0.4, -0.2) is 46.8 Å². The van der Waals surface area contributed by atoms with E-state index in [1.165, 1.54) is 5.56 Å². The predicted molar refractivity (Wildman–Crippen MR) is 102 cm³/mol. The number of hydrogen-bond donors (Lipinski definition) is 2. The number of benzene rings is 1. The van der Waals surface area contributed by atoms with Crippen LogP contribution in [0.25, 0.3) is 0 Å². The van der Waals surface area contributed by atoms with Crippen LogP contribution in [0.15, 0.2) is 48.8 Å². The molecule has 27 heavy (non-hydrogen) atoms. The molecule has 1 amide bonds. The maximum atomic E-state index is 12.6. The third-order valence-electron chi connectivity index (χ3n) is 6.04. The van der Waals surface area contributed by atoms with E-state index in [-0.39, 0.29) is 11.5 Å². The van der Waals surface area contributed by atoms with Crippen molar-refractivity contribution >= 4 is 11.6 Å². The van der Waals surface area contributed by atoms with Gasteiger partial charge in [-0.05, 0) is 36.6 Å². The highest BCUT2D eigenvalue weighted by Crippen LogP contribution is 2.42. The molecule has 6 nitrogen and oxygen atoms in total. The molecule has 6 heteroatoms. The van der Waals surface area contributed by atoms with Crippen molar-refractivity contribution in [3.8, 4) is 0 Å². The molecule has 2 spiro atoms. The van der Waals surface area contributed by atoms with Crippen molar-refractivity contribution in [2.75, 3.05) is 25.0 Å². The highest BCUT2D eigenvalue weighted by atomic mass is 16.5. The smallest absolute Gasteiger partial charge is 0.255 e. The summed E-state index contributed by atoms with van der Waals surface area (Å²) in [5, 5.41) is 6.72. The molecule has 0 bridgehead atoms. The number of nitrogens with one attached hydrogen (secondary N) is 2. The number of ether oxygens (including phenoxy) is 1. The summed E-state index contributed by atoms with van der Waals surface area (Å²) in [6.07, 6.45) is 6.51. The predicted octanol–water partition coefficient (Wildman–Crippen LogP) is 2.39. The molecule has 1 aromatic heterocycles. The van der Waals surface area contributed by atoms with E-state index < -0.39 is 5.66 Å². The zero-order chi connectivity index (χ0) is 18.3. The molecule has 0 saturated carbocycles. The first-order chi connectivity index (χ1) is 13.2. The van der Waals surface area contributed by atoms with E-state index in [2.05, 4.69) is 26.6 Å². The van der Waals surface area contributed by atoms with E-state index in [0.29, 0.717) is 12.2 Å². The largest absolute Gasteiger partial charge is 0.370 e. The number of carbonyl (C=O) groups is 1. The van der Waals surface area contributed by atoms with Crippen molar-refractivity contribution in [2.45, 2.75) is 37.1 Å². The van der Waals surface area contributed by atoms with Crippen LogP contribution in [-0.2, 0) is 11.3 Å². The normalized spacial score (nSPS) is 26.6. The van der Waals surface area contributed by atoms with Crippen molar-refractivity contribution in [3.05, 3.63) is 59.9 Å². The van der Waals surface area contributed by atoms with Crippen LogP contribution in [0.1, 0.15) is 35.2 Å². The standard InChI is InChI=1S/C21H24N4O2/c26-19-17-5-1-2-6-18(17)23-21(24-19)14-20(27-15-21)7-10-25(11-8-20)13-16-4-3-9-22-12-16/h1-6,9,12,23H,7-8,10-11,13-15H2,(H,24,26)/t21-/m0/s1. The summed E-state index contributed by atoms with van der Waals surface area (Å²) >= 11 is 0. The number of pyridine rings is 1. The van der Waals surface area contributed by atoms with Gasteiger partial charge in [-0.2, -0.15) is 0 Å². The summed E-state index contributed by atoms with van der Waals surface area (Å²) in [4.78, 5) is 19.2. The van der Waals surface area contributed by atoms with Gasteiger partial charge in [0.2, 0.25) is 0 Å². The Labute approximate surface area is 158 Å². The maximum Gasteiger partial charge on any atom is 0.255 e. The Morgan fingerprint density at radius 2 is 1.96 bits per heavy atom. The average Bonchev–Trinajstić information content (AvgIpc) is 3.02. The van der Waals surface area contributed by atoms with Crippen LogP contribution in [0.5, 0.6) is 0 Å². The van der Waals surface area contributed by atoms with Gasteiger partial charge in [0.05, 0.1) is 17.8 Å². The Hall–Kier alpha value is -2.44. The van der Waals surface area contributed by atoms with E-state index >= 15 is 0 Å². The van der Waals surface area contributed by atoms with Crippen LogP contribution in [0.4, 0.5) is 5.69 Å². The van der Waals surface area contributed by atoms with Crippen LogP contribution < -0.4 is 10.6 Å². The second-order valence-electron chi connectivity index (χ2n) is 7.99. The van der Waals surface area contributed by atoms with Crippen molar-refractivity contribution < 1.29 is 9.53 Å². The first kappa shape index (κ1) is 16.7. The summed E-state index contributed by atoms with van der Waals surface area (Å²) in [5.41, 5.74) is 2.20. The van der Waals surface area contributed by atoms with Crippen molar-refractivity contribution in [1.29, 1.82) is 0 Å². The third kappa shape index (κ3) is 3.09. The molecule has 3 aliphatic rings. The number of piperidine rings is 1. The molecule has 0 aliphatic carbocycles. The number of rotatable bonds is 2. The zero-order valence-electron chi connectivity index (χ0n) is 15.3. The van der Waals surface area contributed by atoms with Crippen LogP contribution >= 0.6 is 0 Å². The minimum Gasteiger partial charge on any atom is -0.370 e. The van der Waals surface area contributed by atoms with Crippen molar-refractivity contribution in [3.63, 3.8) is 0 Å². The van der Waals surface area contributed by atoms with Gasteiger partial charge in [-0.3, -0.25) is 14.7 Å². The summed E-state index contributed by atoms with van der Waals surface area (Å²) < 4.78 is 6.32. The number of likely N-dealkylation sites (tertiary alicyclic amines) is 1. The number of fused-ring (bicyclic) bond motifs is 1. The van der Waals surface area contributed by atoms with Gasteiger partial charge in [-0.15, -0.1) is 0 Å². The van der Waals surface area contributed by atoms with Gasteiger partial charge in [0.15, 0.2) is 0 Å². The lowest BCUT2D eigenvalue weighted by atomic mass is 9.84. The monoisotopic (exact) mass is 364 g/mol. The average molecular weight is 364 g/mol. The molecule has 2 saturated heterocycles. The molecule has 0 radical (unpaired) electrons. The Balaban J connectivity index is 1.26. The summed E-state index contributed by atoms with van der Waals surface area (Å²) in [6.45, 7) is 3.43. The van der Waals surface area contributed by atoms with E-state index in [1.54, 1.807) is 0 Å². The topological polar surface area (TPSA) is 66.5 Å². The molecule has 140 valence electrons. The summed E-state index contributed by atoms with van der Waals surface area (Å²) in [5.74, 6) is -0.0148. The SMILES string of the molecule is O=C1N[C@@]2(COC3(CCN(Cc4cccnc4)CC3)C2)Nc2ccccc21. The van der Waals surface area contributed by atoms with Gasteiger partial charge < -0.3 is 15.4 Å². The van der Waals surface area contributed by atoms with Gasteiger partial charge in [0.25, 0.3) is 5.91 Å². The Morgan fingerprint density at radius 3 is 2.78 bits per heavy atom. The molecule has 1 aromatic carbocycles. The highest BCUT2D eigenvalue weighted by Gasteiger charge is 2.53. The van der Waals surface area contributed by atoms with E-state index in [1.807, 2.05) is 42.7 Å². The number of nitrogens with zero attached hydrogens (tertiary/aromatic N) is 2. The van der Waals surface area contributed by atoms with E-state index in [0.717, 1.165) is 44.6 Å². The minimum absolute atomic E-state index is 0.0148. The van der Waals surface area contributed by atoms with E-state index in [9.17, 15) is 4.79 Å². The summed E-state index contributed by atoms with van der Waals surface area (Å²) in [7, 11) is 0. The number of amides is 1. The van der Waals surface area contributed by atoms with Crippen LogP contribution in [0, 0.1) is 0 Å². The first-order valence-corrected chi connectivity index (χ1v) is 9.60. The van der Waals surface area contributed by atoms with Gasteiger partial charge >= 0.3 is 0 Å². The Kier molecular flexibility index (Phi) is 3.91. The minimum atomic E-state index is -0.489. The molecule has 1 atom stereocenters. The molecule has 2 N–H and O–H groups in total. The molecule has 2 aromatic rings. The molecule has 3 aliphatic heterocycles. The second kappa shape index (κ2) is 6.32. The number of para-hydroxylation sites is 1. The quantitative estimate of drug-likeness (QED) is 0.857. The highest BCUT2D eigenvalue weighted by molar-refractivity contribution is 6.02. The van der Waals surface area contributed by atoms with Crippen molar-refractivity contribution in [2.24, 2.45) is 0 Å². The lowest BCUT2D eigenvalue weighted by Crippen LogP contribution is -2.59. The lowest BCUT2D eigenvalue weighted by molar-refractivity contribution is -0.0452. The number of anilines is 1. The molecular formula is C21H24N4O2. The van der Waals surface area contributed by atoms with Crippen LogP contribution in [0.2, 0.25) is 0 Å². The molecule has 2 fully saturated rings. The third-order valence-corrected chi connectivity index (χ3v) is 6.04. The Morgan fingerprint density at radius 1 is 1.11 bits per heavy atom. The van der Waals surface area contributed by atoms with Gasteiger partial charge in [-0.25, -0.2) is 0 Å². The molecular weight excluding hydrogens is 340 g/mol. The summed E-state index contributed by atoms with van der Waals surface area (Å²) in [6, 6.07) is 11.8. The van der Waals surface area contributed by atoms with Gasteiger partial charge in [0, 0.05) is 44.1 Å². The number of aromatic nitrogens is 1. The zero-order valence-corrected chi connectivity index (χ0v) is 15.3. The van der Waals surface area contributed by atoms with Crippen LogP contribution in [0.3, 0.4) is 0 Å². The fraction of sp³-hybridized carbons (Fsp3) is 0.429. The second-order valence-corrected chi connectivity index (χ2v) is 7.99. The number of carbonyl (C=O) groups excluding carboxylic acids is 1. The molecule has 4 heterocycles. The molecule has 0 unspecified atom stereocenters. The maximum absolute atomic E-state index is 12.6. The first-order valence-electron chi connectivity index (χ1n) is 9.60. The fourth-order valence-corrected chi connectivity index (χ4v) is 4.64. The fourth-order valence-electron chi connectivity index (χ4n) is 4.64. The van der Waals surface area contributed by atoms with Gasteiger partial charge in [-0.1, -0.05) is 18.2 Å².